The zero-order valence-corrected chi connectivity index (χ0v) is 11.7. The van der Waals surface area contributed by atoms with Crippen molar-refractivity contribution in [2.75, 3.05) is 39.1 Å². The molecule has 2 rings (SSSR count). The molecule has 6 heteroatoms. The number of carbonyl (C=O) groups is 1. The first kappa shape index (κ1) is 14.5. The van der Waals surface area contributed by atoms with Crippen LogP contribution < -0.4 is 15.8 Å². The number of benzene rings is 1. The van der Waals surface area contributed by atoms with E-state index in [0.717, 1.165) is 31.8 Å². The summed E-state index contributed by atoms with van der Waals surface area (Å²) in [6.45, 7) is 3.22. The monoisotopic (exact) mass is 279 g/mol. The van der Waals surface area contributed by atoms with E-state index in [-0.39, 0.29) is 12.1 Å². The van der Waals surface area contributed by atoms with E-state index in [1.54, 1.807) is 0 Å². The van der Waals surface area contributed by atoms with Crippen molar-refractivity contribution < 1.29 is 14.3 Å². The Morgan fingerprint density at radius 1 is 1.55 bits per heavy atom. The third-order valence-electron chi connectivity index (χ3n) is 3.31. The van der Waals surface area contributed by atoms with Crippen LogP contribution in [0.3, 0.4) is 0 Å². The molecule has 0 aliphatic carbocycles. The first-order chi connectivity index (χ1) is 9.67. The number of alkyl carbamates (subject to hydrolysis) is 1. The summed E-state index contributed by atoms with van der Waals surface area (Å²) in [7, 11) is 1.38. The minimum atomic E-state index is -0.368. The maximum Gasteiger partial charge on any atom is 0.407 e. The van der Waals surface area contributed by atoms with Gasteiger partial charge in [0.2, 0.25) is 0 Å². The van der Waals surface area contributed by atoms with E-state index < -0.39 is 0 Å². The second-order valence-corrected chi connectivity index (χ2v) is 4.84. The summed E-state index contributed by atoms with van der Waals surface area (Å²) < 4.78 is 10.2. The van der Waals surface area contributed by atoms with E-state index in [2.05, 4.69) is 15.0 Å². The zero-order valence-electron chi connectivity index (χ0n) is 11.7. The van der Waals surface area contributed by atoms with Crippen LogP contribution in [0.4, 0.5) is 10.5 Å². The lowest BCUT2D eigenvalue weighted by atomic mass is 10.3. The van der Waals surface area contributed by atoms with Crippen molar-refractivity contribution in [3.8, 4) is 5.75 Å². The Hall–Kier alpha value is -1.95. The Morgan fingerprint density at radius 3 is 3.15 bits per heavy atom. The van der Waals surface area contributed by atoms with E-state index in [1.165, 1.54) is 7.11 Å². The van der Waals surface area contributed by atoms with Crippen LogP contribution in [0.2, 0.25) is 0 Å². The Labute approximate surface area is 118 Å². The summed E-state index contributed by atoms with van der Waals surface area (Å²) >= 11 is 0. The Balaban J connectivity index is 1.67. The molecule has 1 unspecified atom stereocenters. The number of methoxy groups -OCH3 is 1. The maximum atomic E-state index is 11.1. The lowest BCUT2D eigenvalue weighted by Crippen LogP contribution is -2.37. The van der Waals surface area contributed by atoms with Crippen LogP contribution in [0.15, 0.2) is 24.3 Å². The molecule has 1 amide bonds. The van der Waals surface area contributed by atoms with Gasteiger partial charge in [-0.05, 0) is 18.6 Å². The van der Waals surface area contributed by atoms with Gasteiger partial charge in [-0.2, -0.15) is 0 Å². The third-order valence-corrected chi connectivity index (χ3v) is 3.31. The largest absolute Gasteiger partial charge is 0.492 e. The molecule has 0 aromatic heterocycles. The second-order valence-electron chi connectivity index (χ2n) is 4.84. The minimum Gasteiger partial charge on any atom is -0.492 e. The summed E-state index contributed by atoms with van der Waals surface area (Å²) in [5, 5.41) is 2.81. The number of nitrogens with two attached hydrogens (primary N) is 1. The van der Waals surface area contributed by atoms with Gasteiger partial charge in [-0.25, -0.2) is 4.79 Å². The predicted molar refractivity (Wildman–Crippen MR) is 76.7 cm³/mol. The van der Waals surface area contributed by atoms with Crippen LogP contribution >= 0.6 is 0 Å². The standard InChI is InChI=1S/C14H21N3O3/c1-19-14(18)16-12-5-6-17(10-12)7-8-20-13-4-2-3-11(15)9-13/h2-4,9,12H,5-8,10,15H2,1H3,(H,16,18). The van der Waals surface area contributed by atoms with Crippen LogP contribution in [0.1, 0.15) is 6.42 Å². The number of hydrogen-bond acceptors (Lipinski definition) is 5. The number of nitrogen functional groups attached to an aromatic ring is 1. The van der Waals surface area contributed by atoms with Gasteiger partial charge >= 0.3 is 6.09 Å². The Morgan fingerprint density at radius 2 is 2.40 bits per heavy atom. The van der Waals surface area contributed by atoms with Crippen molar-refractivity contribution in [2.45, 2.75) is 12.5 Å². The normalized spacial score (nSPS) is 18.8. The fourth-order valence-corrected chi connectivity index (χ4v) is 2.28. The molecule has 1 aromatic carbocycles. The van der Waals surface area contributed by atoms with Crippen LogP contribution in [-0.4, -0.2) is 50.4 Å². The fraction of sp³-hybridized carbons (Fsp3) is 0.500. The van der Waals surface area contributed by atoms with E-state index >= 15 is 0 Å². The maximum absolute atomic E-state index is 11.1. The topological polar surface area (TPSA) is 76.8 Å². The second kappa shape index (κ2) is 7.00. The molecule has 0 radical (unpaired) electrons. The summed E-state index contributed by atoms with van der Waals surface area (Å²) in [6.07, 6.45) is 0.570. The molecule has 0 spiro atoms. The molecule has 1 atom stereocenters. The number of rotatable bonds is 5. The van der Waals surface area contributed by atoms with Crippen LogP contribution in [-0.2, 0) is 4.74 Å². The van der Waals surface area contributed by atoms with Crippen molar-refractivity contribution >= 4 is 11.8 Å². The molecular weight excluding hydrogens is 258 g/mol. The molecule has 110 valence electrons. The third kappa shape index (κ3) is 4.31. The van der Waals surface area contributed by atoms with Gasteiger partial charge in [-0.1, -0.05) is 6.07 Å². The molecule has 1 heterocycles. The zero-order chi connectivity index (χ0) is 14.4. The van der Waals surface area contributed by atoms with Crippen LogP contribution in [0.25, 0.3) is 0 Å². The molecule has 1 aliphatic rings. The SMILES string of the molecule is COC(=O)NC1CCN(CCOc2cccc(N)c2)C1. The summed E-state index contributed by atoms with van der Waals surface area (Å²) in [5.41, 5.74) is 6.39. The van der Waals surface area contributed by atoms with E-state index in [0.29, 0.717) is 12.3 Å². The molecule has 1 fully saturated rings. The van der Waals surface area contributed by atoms with E-state index in [4.69, 9.17) is 10.5 Å². The van der Waals surface area contributed by atoms with Gasteiger partial charge in [0, 0.05) is 37.4 Å². The summed E-state index contributed by atoms with van der Waals surface area (Å²) in [4.78, 5) is 13.4. The molecule has 3 N–H and O–H groups in total. The highest BCUT2D eigenvalue weighted by atomic mass is 16.5. The number of anilines is 1. The highest BCUT2D eigenvalue weighted by Crippen LogP contribution is 2.15. The van der Waals surface area contributed by atoms with Crippen molar-refractivity contribution in [3.05, 3.63) is 24.3 Å². The van der Waals surface area contributed by atoms with Gasteiger partial charge in [-0.3, -0.25) is 4.90 Å². The highest BCUT2D eigenvalue weighted by molar-refractivity contribution is 5.67. The lowest BCUT2D eigenvalue weighted by molar-refractivity contribution is 0.166. The summed E-state index contributed by atoms with van der Waals surface area (Å²) in [6, 6.07) is 7.57. The minimum absolute atomic E-state index is 0.162. The number of likely N-dealkylation sites (tertiary alicyclic amines) is 1. The number of nitrogens with one attached hydrogen (secondary N) is 1. The molecule has 1 saturated heterocycles. The number of nitrogens with zero attached hydrogens (tertiary/aromatic N) is 1. The van der Waals surface area contributed by atoms with Gasteiger partial charge in [0.05, 0.1) is 7.11 Å². The van der Waals surface area contributed by atoms with Gasteiger partial charge in [-0.15, -0.1) is 0 Å². The number of hydrogen-bond donors (Lipinski definition) is 2. The van der Waals surface area contributed by atoms with Gasteiger partial charge in [0.15, 0.2) is 0 Å². The average Bonchev–Trinajstić information content (AvgIpc) is 2.86. The Kier molecular flexibility index (Phi) is 5.06. The number of amides is 1. The Bertz CT molecular complexity index is 453. The quantitative estimate of drug-likeness (QED) is 0.789. The summed E-state index contributed by atoms with van der Waals surface area (Å²) in [5.74, 6) is 0.786. The molecule has 0 saturated carbocycles. The molecule has 1 aromatic rings. The smallest absolute Gasteiger partial charge is 0.407 e. The van der Waals surface area contributed by atoms with Gasteiger partial charge in [0.1, 0.15) is 12.4 Å². The molecule has 0 bridgehead atoms. The molecule has 6 nitrogen and oxygen atoms in total. The van der Waals surface area contributed by atoms with Crippen molar-refractivity contribution in [3.63, 3.8) is 0 Å². The molecule has 20 heavy (non-hydrogen) atoms. The number of ether oxygens (including phenoxy) is 2. The van der Waals surface area contributed by atoms with Crippen LogP contribution in [0, 0.1) is 0 Å². The lowest BCUT2D eigenvalue weighted by Gasteiger charge is -2.16. The first-order valence-corrected chi connectivity index (χ1v) is 6.72. The molecular formula is C14H21N3O3. The predicted octanol–water partition coefficient (Wildman–Crippen LogP) is 1.08. The van der Waals surface area contributed by atoms with Gasteiger partial charge < -0.3 is 20.5 Å². The van der Waals surface area contributed by atoms with Crippen LogP contribution in [0.5, 0.6) is 5.75 Å². The van der Waals surface area contributed by atoms with Crippen molar-refractivity contribution in [1.82, 2.24) is 10.2 Å². The van der Waals surface area contributed by atoms with Crippen molar-refractivity contribution in [2.24, 2.45) is 0 Å². The fourth-order valence-electron chi connectivity index (χ4n) is 2.28. The first-order valence-electron chi connectivity index (χ1n) is 6.72. The van der Waals surface area contributed by atoms with E-state index in [1.807, 2.05) is 24.3 Å². The number of carbonyl (C=O) groups excluding carboxylic acids is 1. The highest BCUT2D eigenvalue weighted by Gasteiger charge is 2.23. The average molecular weight is 279 g/mol. The van der Waals surface area contributed by atoms with Crippen molar-refractivity contribution in [1.29, 1.82) is 0 Å². The van der Waals surface area contributed by atoms with E-state index in [9.17, 15) is 4.79 Å². The molecule has 1 aliphatic heterocycles. The van der Waals surface area contributed by atoms with Gasteiger partial charge in [0.25, 0.3) is 0 Å².